The Hall–Kier alpha value is -4.42. The van der Waals surface area contributed by atoms with E-state index in [1.807, 2.05) is 30.3 Å². The topological polar surface area (TPSA) is 155 Å². The van der Waals surface area contributed by atoms with Crippen molar-refractivity contribution in [2.75, 3.05) is 23.0 Å². The van der Waals surface area contributed by atoms with E-state index in [1.54, 1.807) is 28.8 Å². The van der Waals surface area contributed by atoms with Crippen molar-refractivity contribution in [2.24, 2.45) is 5.92 Å². The molecule has 208 valence electrons. The third kappa shape index (κ3) is 4.98. The van der Waals surface area contributed by atoms with Gasteiger partial charge in [0.25, 0.3) is 11.6 Å². The van der Waals surface area contributed by atoms with Crippen LogP contribution in [0.2, 0.25) is 0 Å². The van der Waals surface area contributed by atoms with Crippen molar-refractivity contribution in [1.82, 2.24) is 15.0 Å². The Morgan fingerprint density at radius 3 is 2.75 bits per heavy atom. The Morgan fingerprint density at radius 1 is 1.23 bits per heavy atom. The van der Waals surface area contributed by atoms with Crippen molar-refractivity contribution in [3.05, 3.63) is 87.7 Å². The van der Waals surface area contributed by atoms with Gasteiger partial charge in [-0.1, -0.05) is 36.4 Å². The summed E-state index contributed by atoms with van der Waals surface area (Å²) >= 11 is 0. The number of carbonyl (C=O) groups excluding carboxylic acids is 2. The van der Waals surface area contributed by atoms with Crippen LogP contribution in [0.15, 0.2) is 60.8 Å². The Bertz CT molecular complexity index is 1490. The van der Waals surface area contributed by atoms with E-state index in [1.165, 1.54) is 23.1 Å². The van der Waals surface area contributed by atoms with Gasteiger partial charge in [-0.3, -0.25) is 24.4 Å². The predicted octanol–water partition coefficient (Wildman–Crippen LogP) is 2.47. The molecular weight excluding hydrogens is 516 g/mol. The fraction of sp³-hybridized carbons (Fsp3) is 0.357. The molecule has 40 heavy (non-hydrogen) atoms. The van der Waals surface area contributed by atoms with E-state index in [4.69, 9.17) is 5.11 Å². The Labute approximate surface area is 230 Å². The molecule has 3 aromatic rings. The standard InChI is InChI=1S/C28H30N6O6/c1-19(5-2-3-12-31-18-21(11-14-35)29-30-31)28(38)24-16-23(34(39)40)8-9-25(24)33(27(28)37)17-20-6-4-7-22(15-20)32-13-10-26(32)36/h2,4-9,15-16,18-19,35,38H,3,10-14,17H2,1H3/b5-2+/t19-,28+/m0/s1. The zero-order valence-corrected chi connectivity index (χ0v) is 22.0. The van der Waals surface area contributed by atoms with Gasteiger partial charge in [0.1, 0.15) is 0 Å². The first-order valence-corrected chi connectivity index (χ1v) is 13.1. The zero-order valence-electron chi connectivity index (χ0n) is 22.0. The van der Waals surface area contributed by atoms with Gasteiger partial charge in [-0.05, 0) is 30.2 Å². The van der Waals surface area contributed by atoms with Gasteiger partial charge in [0, 0.05) is 68.0 Å². The molecule has 0 aliphatic carbocycles. The van der Waals surface area contributed by atoms with Gasteiger partial charge in [-0.25, -0.2) is 0 Å². The molecular formula is C28H30N6O6. The third-order valence-corrected chi connectivity index (χ3v) is 7.44. The number of aromatic nitrogens is 3. The lowest BCUT2D eigenvalue weighted by molar-refractivity contribution is -0.385. The fourth-order valence-corrected chi connectivity index (χ4v) is 5.12. The first kappa shape index (κ1) is 27.2. The quantitative estimate of drug-likeness (QED) is 0.161. The minimum Gasteiger partial charge on any atom is -0.396 e. The largest absolute Gasteiger partial charge is 0.396 e. The highest BCUT2D eigenvalue weighted by Crippen LogP contribution is 2.47. The lowest BCUT2D eigenvalue weighted by Crippen LogP contribution is -2.44. The van der Waals surface area contributed by atoms with Crippen molar-refractivity contribution >= 4 is 28.9 Å². The molecule has 0 unspecified atom stereocenters. The Balaban J connectivity index is 1.38. The van der Waals surface area contributed by atoms with Gasteiger partial charge in [0.15, 0.2) is 5.60 Å². The number of hydrogen-bond donors (Lipinski definition) is 2. The summed E-state index contributed by atoms with van der Waals surface area (Å²) in [5.74, 6) is -1.23. The molecule has 2 aliphatic rings. The number of hydrogen-bond acceptors (Lipinski definition) is 8. The second kappa shape index (κ2) is 11.0. The number of amides is 2. The van der Waals surface area contributed by atoms with Gasteiger partial charge in [0.05, 0.1) is 22.8 Å². The van der Waals surface area contributed by atoms with E-state index in [2.05, 4.69) is 10.3 Å². The van der Waals surface area contributed by atoms with Crippen LogP contribution in [-0.2, 0) is 34.7 Å². The summed E-state index contributed by atoms with van der Waals surface area (Å²) in [6.45, 7) is 2.97. The number of anilines is 2. The minimum atomic E-state index is -2.01. The highest BCUT2D eigenvalue weighted by molar-refractivity contribution is 6.07. The van der Waals surface area contributed by atoms with Crippen LogP contribution in [0.25, 0.3) is 0 Å². The molecule has 2 amide bonds. The number of β-lactam (4-membered cyclic amide) rings is 1. The molecule has 2 atom stereocenters. The molecule has 1 fully saturated rings. The van der Waals surface area contributed by atoms with Crippen LogP contribution in [0.5, 0.6) is 0 Å². The second-order valence-electron chi connectivity index (χ2n) is 10.0. The molecule has 0 bridgehead atoms. The summed E-state index contributed by atoms with van der Waals surface area (Å²) < 4.78 is 1.65. The van der Waals surface area contributed by atoms with Crippen molar-refractivity contribution in [3.63, 3.8) is 0 Å². The fourth-order valence-electron chi connectivity index (χ4n) is 5.12. The predicted molar refractivity (Wildman–Crippen MR) is 145 cm³/mol. The molecule has 1 saturated heterocycles. The maximum Gasteiger partial charge on any atom is 0.269 e. The highest BCUT2D eigenvalue weighted by Gasteiger charge is 2.53. The highest BCUT2D eigenvalue weighted by atomic mass is 16.6. The normalized spacial score (nSPS) is 19.3. The summed E-state index contributed by atoms with van der Waals surface area (Å²) in [6, 6.07) is 11.4. The lowest BCUT2D eigenvalue weighted by Gasteiger charge is -2.31. The number of carbonyl (C=O) groups is 2. The van der Waals surface area contributed by atoms with E-state index in [-0.39, 0.29) is 30.3 Å². The number of aliphatic hydroxyl groups excluding tert-OH is 1. The molecule has 12 heteroatoms. The van der Waals surface area contributed by atoms with Crippen LogP contribution in [0.4, 0.5) is 17.1 Å². The summed E-state index contributed by atoms with van der Waals surface area (Å²) in [5, 5.41) is 40.4. The van der Waals surface area contributed by atoms with Gasteiger partial charge >= 0.3 is 0 Å². The molecule has 12 nitrogen and oxygen atoms in total. The van der Waals surface area contributed by atoms with Crippen molar-refractivity contribution < 1.29 is 24.7 Å². The number of allylic oxidation sites excluding steroid dienone is 1. The molecule has 0 saturated carbocycles. The van der Waals surface area contributed by atoms with Gasteiger partial charge in [0.2, 0.25) is 5.91 Å². The molecule has 0 spiro atoms. The molecule has 2 aromatic carbocycles. The van der Waals surface area contributed by atoms with Crippen LogP contribution in [-0.4, -0.2) is 55.1 Å². The third-order valence-electron chi connectivity index (χ3n) is 7.44. The summed E-state index contributed by atoms with van der Waals surface area (Å²) in [5.41, 5.74) is 0.551. The SMILES string of the molecule is C[C@@H](/C=C/CCn1cc(CCO)nn1)[C@]1(O)C(=O)N(Cc2cccc(N3CCC3=O)c2)c2ccc([N+](=O)[O-])cc21. The molecule has 0 radical (unpaired) electrons. The molecule has 2 aliphatic heterocycles. The van der Waals surface area contributed by atoms with Crippen LogP contribution in [0.1, 0.15) is 36.6 Å². The average Bonchev–Trinajstić information content (AvgIpc) is 3.47. The first-order valence-electron chi connectivity index (χ1n) is 13.1. The van der Waals surface area contributed by atoms with E-state index < -0.39 is 22.3 Å². The number of benzene rings is 2. The summed E-state index contributed by atoms with van der Waals surface area (Å²) in [7, 11) is 0. The molecule has 5 rings (SSSR count). The van der Waals surface area contributed by atoms with E-state index in [0.717, 1.165) is 11.3 Å². The number of nitro benzene ring substituents is 1. The number of aryl methyl sites for hydroxylation is 1. The van der Waals surface area contributed by atoms with Crippen LogP contribution >= 0.6 is 0 Å². The number of fused-ring (bicyclic) bond motifs is 1. The van der Waals surface area contributed by atoms with E-state index in [9.17, 15) is 24.8 Å². The smallest absolute Gasteiger partial charge is 0.269 e. The monoisotopic (exact) mass is 546 g/mol. The van der Waals surface area contributed by atoms with E-state index >= 15 is 0 Å². The van der Waals surface area contributed by atoms with Crippen molar-refractivity contribution in [1.29, 1.82) is 0 Å². The minimum absolute atomic E-state index is 0.0110. The number of aliphatic hydroxyl groups is 2. The summed E-state index contributed by atoms with van der Waals surface area (Å²) in [6.07, 6.45) is 6.78. The number of nitro groups is 1. The lowest BCUT2D eigenvalue weighted by atomic mass is 9.82. The van der Waals surface area contributed by atoms with Gasteiger partial charge in [-0.2, -0.15) is 0 Å². The molecule has 1 aromatic heterocycles. The van der Waals surface area contributed by atoms with Gasteiger partial charge < -0.3 is 20.0 Å². The van der Waals surface area contributed by atoms with Crippen molar-refractivity contribution in [3.8, 4) is 0 Å². The average molecular weight is 547 g/mol. The van der Waals surface area contributed by atoms with Crippen LogP contribution in [0, 0.1) is 16.0 Å². The first-order chi connectivity index (χ1) is 19.2. The van der Waals surface area contributed by atoms with Gasteiger partial charge in [-0.15, -0.1) is 5.10 Å². The second-order valence-corrected chi connectivity index (χ2v) is 10.0. The van der Waals surface area contributed by atoms with E-state index in [0.29, 0.717) is 43.7 Å². The number of nitrogens with zero attached hydrogens (tertiary/aromatic N) is 6. The summed E-state index contributed by atoms with van der Waals surface area (Å²) in [4.78, 5) is 39.8. The number of rotatable bonds is 11. The Morgan fingerprint density at radius 2 is 2.05 bits per heavy atom. The maximum absolute atomic E-state index is 13.8. The zero-order chi connectivity index (χ0) is 28.4. The van der Waals surface area contributed by atoms with Crippen LogP contribution in [0.3, 0.4) is 0 Å². The molecule has 2 N–H and O–H groups in total. The Kier molecular flexibility index (Phi) is 7.46. The van der Waals surface area contributed by atoms with Crippen molar-refractivity contribution in [2.45, 2.75) is 44.9 Å². The number of non-ortho nitro benzene ring substituents is 1. The maximum atomic E-state index is 13.8. The van der Waals surface area contributed by atoms with Crippen LogP contribution < -0.4 is 9.80 Å². The molecule has 3 heterocycles.